The number of hydrogen-bond donors (Lipinski definition) is 3. The lowest BCUT2D eigenvalue weighted by molar-refractivity contribution is -0.111. The topological polar surface area (TPSA) is 101 Å². The fraction of sp³-hybridized carbons (Fsp3) is 0.105. The van der Waals surface area contributed by atoms with Crippen molar-refractivity contribution >= 4 is 29.5 Å². The molecule has 4 N–H and O–H groups in total. The minimum atomic E-state index is -0.263. The summed E-state index contributed by atoms with van der Waals surface area (Å²) in [6.45, 7) is 0.681. The zero-order valence-corrected chi connectivity index (χ0v) is 13.5. The van der Waals surface area contributed by atoms with Crippen molar-refractivity contribution in [1.82, 2.24) is 4.98 Å². The van der Waals surface area contributed by atoms with Gasteiger partial charge in [-0.15, -0.1) is 0 Å². The predicted octanol–water partition coefficient (Wildman–Crippen LogP) is 2.62. The molecule has 126 valence electrons. The van der Waals surface area contributed by atoms with Crippen LogP contribution in [0.15, 0.2) is 48.9 Å². The van der Waals surface area contributed by atoms with Gasteiger partial charge in [0.15, 0.2) is 0 Å². The number of hydrogen-bond acceptors (Lipinski definition) is 5. The lowest BCUT2D eigenvalue weighted by Gasteiger charge is -2.06. The van der Waals surface area contributed by atoms with E-state index in [0.717, 1.165) is 29.5 Å². The van der Waals surface area contributed by atoms with E-state index in [0.29, 0.717) is 23.4 Å². The molecule has 2 aromatic rings. The number of amides is 1. The molecule has 0 bridgehead atoms. The van der Waals surface area contributed by atoms with E-state index in [1.807, 2.05) is 18.2 Å². The number of benzene rings is 1. The van der Waals surface area contributed by atoms with Crippen LogP contribution < -0.4 is 15.8 Å². The van der Waals surface area contributed by atoms with Crippen molar-refractivity contribution in [2.45, 2.75) is 6.42 Å². The number of pyridine rings is 1. The third-order valence-electron chi connectivity index (χ3n) is 3.88. The highest BCUT2D eigenvalue weighted by Crippen LogP contribution is 2.28. The second-order valence-corrected chi connectivity index (χ2v) is 5.47. The van der Waals surface area contributed by atoms with E-state index in [2.05, 4.69) is 10.3 Å². The molecule has 25 heavy (non-hydrogen) atoms. The Labute approximate surface area is 145 Å². The number of aromatic nitrogens is 1. The average molecular weight is 334 g/mol. The largest absolute Gasteiger partial charge is 0.493 e. The van der Waals surface area contributed by atoms with Crippen molar-refractivity contribution in [2.24, 2.45) is 5.73 Å². The van der Waals surface area contributed by atoms with Gasteiger partial charge in [0.05, 0.1) is 6.61 Å². The maximum absolute atomic E-state index is 12.2. The predicted molar refractivity (Wildman–Crippen MR) is 98.5 cm³/mol. The summed E-state index contributed by atoms with van der Waals surface area (Å²) in [7, 11) is 0. The van der Waals surface area contributed by atoms with Gasteiger partial charge in [-0.05, 0) is 29.3 Å². The normalized spacial score (nSPS) is 13.4. The van der Waals surface area contributed by atoms with Crippen LogP contribution in [-0.2, 0) is 11.2 Å². The number of nitrogens with zero attached hydrogens (tertiary/aromatic N) is 1. The Balaban J connectivity index is 1.74. The SMILES string of the molecule is N=CC(=CN)c1ccncc1/C=C/C(=O)Nc1ccc2c(c1)OCC2. The first-order valence-corrected chi connectivity index (χ1v) is 7.83. The number of nitrogens with two attached hydrogens (primary N) is 1. The number of fused-ring (bicyclic) bond motifs is 1. The monoisotopic (exact) mass is 334 g/mol. The van der Waals surface area contributed by atoms with Crippen LogP contribution in [0.5, 0.6) is 5.75 Å². The van der Waals surface area contributed by atoms with Crippen LogP contribution in [0, 0.1) is 5.41 Å². The van der Waals surface area contributed by atoms with Crippen molar-refractivity contribution in [3.8, 4) is 5.75 Å². The van der Waals surface area contributed by atoms with Crippen LogP contribution in [-0.4, -0.2) is 23.7 Å². The van der Waals surface area contributed by atoms with E-state index < -0.39 is 0 Å². The number of ether oxygens (including phenoxy) is 1. The lowest BCUT2D eigenvalue weighted by atomic mass is 10.0. The van der Waals surface area contributed by atoms with E-state index >= 15 is 0 Å². The van der Waals surface area contributed by atoms with E-state index in [-0.39, 0.29) is 5.91 Å². The van der Waals surface area contributed by atoms with Gasteiger partial charge < -0.3 is 21.2 Å². The fourth-order valence-electron chi connectivity index (χ4n) is 2.61. The molecule has 2 heterocycles. The molecule has 6 heteroatoms. The third-order valence-corrected chi connectivity index (χ3v) is 3.88. The number of allylic oxidation sites excluding steroid dienone is 1. The Morgan fingerprint density at radius 2 is 2.24 bits per heavy atom. The molecular weight excluding hydrogens is 316 g/mol. The molecular formula is C19H18N4O2. The quantitative estimate of drug-likeness (QED) is 0.578. The van der Waals surface area contributed by atoms with Gasteiger partial charge >= 0.3 is 0 Å². The molecule has 0 saturated carbocycles. The lowest BCUT2D eigenvalue weighted by Crippen LogP contribution is -2.07. The van der Waals surface area contributed by atoms with Crippen molar-refractivity contribution in [3.63, 3.8) is 0 Å². The smallest absolute Gasteiger partial charge is 0.248 e. The Kier molecular flexibility index (Phi) is 4.89. The van der Waals surface area contributed by atoms with Gasteiger partial charge in [0.25, 0.3) is 0 Å². The van der Waals surface area contributed by atoms with E-state index in [1.165, 1.54) is 12.3 Å². The Morgan fingerprint density at radius 3 is 3.04 bits per heavy atom. The fourth-order valence-corrected chi connectivity index (χ4v) is 2.61. The summed E-state index contributed by atoms with van der Waals surface area (Å²) in [5.41, 5.74) is 9.37. The van der Waals surface area contributed by atoms with Crippen LogP contribution in [0.1, 0.15) is 16.7 Å². The number of nitrogens with one attached hydrogen (secondary N) is 2. The van der Waals surface area contributed by atoms with E-state index in [9.17, 15) is 4.79 Å². The molecule has 3 rings (SSSR count). The summed E-state index contributed by atoms with van der Waals surface area (Å²) >= 11 is 0. The summed E-state index contributed by atoms with van der Waals surface area (Å²) in [6.07, 6.45) is 9.72. The molecule has 0 atom stereocenters. The first-order valence-electron chi connectivity index (χ1n) is 7.83. The van der Waals surface area contributed by atoms with Crippen molar-refractivity contribution in [2.75, 3.05) is 11.9 Å². The van der Waals surface area contributed by atoms with Gasteiger partial charge in [0, 0.05) is 60.2 Å². The van der Waals surface area contributed by atoms with Crippen molar-refractivity contribution in [1.29, 1.82) is 5.41 Å². The van der Waals surface area contributed by atoms with Gasteiger partial charge in [0.1, 0.15) is 5.75 Å². The molecule has 0 radical (unpaired) electrons. The first kappa shape index (κ1) is 16.4. The van der Waals surface area contributed by atoms with E-state index in [4.69, 9.17) is 15.9 Å². The maximum atomic E-state index is 12.2. The second-order valence-electron chi connectivity index (χ2n) is 5.47. The second kappa shape index (κ2) is 7.44. The van der Waals surface area contributed by atoms with Crippen molar-refractivity contribution < 1.29 is 9.53 Å². The Hall–Kier alpha value is -3.41. The van der Waals surface area contributed by atoms with Crippen LogP contribution in [0.4, 0.5) is 5.69 Å². The van der Waals surface area contributed by atoms with Crippen LogP contribution >= 0.6 is 0 Å². The zero-order valence-electron chi connectivity index (χ0n) is 13.5. The van der Waals surface area contributed by atoms with Crippen molar-refractivity contribution in [3.05, 3.63) is 65.6 Å². The van der Waals surface area contributed by atoms with E-state index in [1.54, 1.807) is 24.5 Å². The highest BCUT2D eigenvalue weighted by Gasteiger charge is 2.12. The van der Waals surface area contributed by atoms with Crippen LogP contribution in [0.25, 0.3) is 11.6 Å². The third kappa shape index (κ3) is 3.74. The maximum Gasteiger partial charge on any atom is 0.248 e. The molecule has 0 fully saturated rings. The molecule has 1 amide bonds. The summed E-state index contributed by atoms with van der Waals surface area (Å²) < 4.78 is 5.50. The van der Waals surface area contributed by atoms with Gasteiger partial charge in [0.2, 0.25) is 5.91 Å². The first-order chi connectivity index (χ1) is 12.2. The Bertz CT molecular complexity index is 871. The standard InChI is InChI=1S/C19H18N4O2/c20-10-15(11-21)17-5-7-22-12-14(17)2-4-19(24)23-16-3-1-13-6-8-25-18(13)9-16/h1-5,7,9-12,20H,6,8,21H2,(H,23,24)/b4-2+,15-11?,20-10?. The highest BCUT2D eigenvalue weighted by atomic mass is 16.5. The molecule has 0 aliphatic carbocycles. The average Bonchev–Trinajstić information content (AvgIpc) is 3.10. The zero-order chi connectivity index (χ0) is 17.6. The number of carbonyl (C=O) groups excluding carboxylic acids is 1. The molecule has 0 unspecified atom stereocenters. The molecule has 1 aliphatic rings. The van der Waals surface area contributed by atoms with Gasteiger partial charge in [-0.2, -0.15) is 0 Å². The Morgan fingerprint density at radius 1 is 1.36 bits per heavy atom. The molecule has 1 aromatic heterocycles. The van der Waals surface area contributed by atoms with Crippen LogP contribution in [0.3, 0.4) is 0 Å². The van der Waals surface area contributed by atoms with Gasteiger partial charge in [-0.1, -0.05) is 6.07 Å². The minimum absolute atomic E-state index is 0.263. The number of anilines is 1. The number of rotatable bonds is 5. The molecule has 6 nitrogen and oxygen atoms in total. The summed E-state index contributed by atoms with van der Waals surface area (Å²) in [5.74, 6) is 0.556. The molecule has 1 aromatic carbocycles. The molecule has 1 aliphatic heterocycles. The molecule has 0 saturated heterocycles. The van der Waals surface area contributed by atoms with Crippen LogP contribution in [0.2, 0.25) is 0 Å². The minimum Gasteiger partial charge on any atom is -0.493 e. The van der Waals surface area contributed by atoms with Gasteiger partial charge in [-0.25, -0.2) is 0 Å². The molecule has 0 spiro atoms. The summed E-state index contributed by atoms with van der Waals surface area (Å²) in [5, 5.41) is 10.2. The highest BCUT2D eigenvalue weighted by molar-refractivity contribution is 6.10. The number of carbonyl (C=O) groups is 1. The van der Waals surface area contributed by atoms with Gasteiger partial charge in [-0.3, -0.25) is 9.78 Å². The summed E-state index contributed by atoms with van der Waals surface area (Å²) in [4.78, 5) is 16.2. The summed E-state index contributed by atoms with van der Waals surface area (Å²) in [6, 6.07) is 7.40.